The molecule has 3 rings (SSSR count). The van der Waals surface area contributed by atoms with Gasteiger partial charge in [-0.25, -0.2) is 0 Å². The third-order valence-electron chi connectivity index (χ3n) is 3.92. The van der Waals surface area contributed by atoms with Crippen molar-refractivity contribution in [1.82, 2.24) is 9.47 Å². The molecular weight excluding hydrogens is 238 g/mol. The molecule has 1 aliphatic carbocycles. The second kappa shape index (κ2) is 4.70. The highest BCUT2D eigenvalue weighted by molar-refractivity contribution is 5.86. The molecule has 19 heavy (non-hydrogen) atoms. The molecule has 0 spiro atoms. The first-order valence-corrected chi connectivity index (χ1v) is 6.73. The number of benzene rings is 1. The van der Waals surface area contributed by atoms with Gasteiger partial charge in [-0.1, -0.05) is 12.1 Å². The number of fused-ring (bicyclic) bond motifs is 1. The fraction of sp³-hybridized carbons (Fsp3) is 0.400. The first-order valence-electron chi connectivity index (χ1n) is 6.73. The van der Waals surface area contributed by atoms with Gasteiger partial charge in [-0.05, 0) is 30.5 Å². The summed E-state index contributed by atoms with van der Waals surface area (Å²) >= 11 is 0. The number of hydrogen-bond donors (Lipinski definition) is 1. The Labute approximate surface area is 112 Å². The summed E-state index contributed by atoms with van der Waals surface area (Å²) in [5, 5.41) is 1.15. The van der Waals surface area contributed by atoms with Gasteiger partial charge < -0.3 is 15.2 Å². The van der Waals surface area contributed by atoms with Crippen LogP contribution in [0.1, 0.15) is 18.4 Å². The number of aromatic nitrogens is 1. The maximum atomic E-state index is 12.2. The van der Waals surface area contributed by atoms with Crippen LogP contribution in [0.2, 0.25) is 0 Å². The SMILES string of the molecule is CN(C(=O)Cn1ccc2c(CN)cccc21)C1CC1. The smallest absolute Gasteiger partial charge is 0.242 e. The molecule has 1 aromatic heterocycles. The number of nitrogens with two attached hydrogens (primary N) is 1. The van der Waals surface area contributed by atoms with Crippen LogP contribution >= 0.6 is 0 Å². The van der Waals surface area contributed by atoms with Gasteiger partial charge in [0.1, 0.15) is 6.54 Å². The van der Waals surface area contributed by atoms with E-state index in [1.165, 1.54) is 0 Å². The normalized spacial score (nSPS) is 14.8. The molecule has 0 aliphatic heterocycles. The summed E-state index contributed by atoms with van der Waals surface area (Å²) in [5.74, 6) is 0.179. The Bertz CT molecular complexity index is 613. The lowest BCUT2D eigenvalue weighted by atomic mass is 10.1. The molecule has 1 saturated carbocycles. The van der Waals surface area contributed by atoms with Crippen molar-refractivity contribution in [3.63, 3.8) is 0 Å². The van der Waals surface area contributed by atoms with Gasteiger partial charge in [0.2, 0.25) is 5.91 Å². The van der Waals surface area contributed by atoms with E-state index in [0.717, 1.165) is 29.3 Å². The highest BCUT2D eigenvalue weighted by Crippen LogP contribution is 2.26. The van der Waals surface area contributed by atoms with Crippen LogP contribution < -0.4 is 5.73 Å². The zero-order chi connectivity index (χ0) is 13.4. The number of rotatable bonds is 4. The molecule has 2 aromatic rings. The molecule has 0 bridgehead atoms. The Kier molecular flexibility index (Phi) is 3.03. The molecule has 100 valence electrons. The lowest BCUT2D eigenvalue weighted by molar-refractivity contribution is -0.130. The summed E-state index contributed by atoms with van der Waals surface area (Å²) in [7, 11) is 1.90. The van der Waals surface area contributed by atoms with Crippen LogP contribution in [0.5, 0.6) is 0 Å². The van der Waals surface area contributed by atoms with Crippen LogP contribution in [0.25, 0.3) is 10.9 Å². The molecule has 0 unspecified atom stereocenters. The Morgan fingerprint density at radius 3 is 2.89 bits per heavy atom. The zero-order valence-corrected chi connectivity index (χ0v) is 11.2. The number of hydrogen-bond acceptors (Lipinski definition) is 2. The van der Waals surface area contributed by atoms with Gasteiger partial charge in [-0.15, -0.1) is 0 Å². The number of likely N-dealkylation sites (N-methyl/N-ethyl adjacent to an activating group) is 1. The van der Waals surface area contributed by atoms with E-state index in [1.54, 1.807) is 0 Å². The van der Waals surface area contributed by atoms with Gasteiger partial charge in [0.05, 0.1) is 0 Å². The van der Waals surface area contributed by atoms with E-state index in [2.05, 4.69) is 0 Å². The van der Waals surface area contributed by atoms with Gasteiger partial charge in [0.25, 0.3) is 0 Å². The molecular formula is C15H19N3O. The van der Waals surface area contributed by atoms with Crippen molar-refractivity contribution in [3.8, 4) is 0 Å². The summed E-state index contributed by atoms with van der Waals surface area (Å²) in [4.78, 5) is 14.0. The van der Waals surface area contributed by atoms with E-state index < -0.39 is 0 Å². The van der Waals surface area contributed by atoms with E-state index in [4.69, 9.17) is 5.73 Å². The molecule has 1 amide bonds. The predicted molar refractivity (Wildman–Crippen MR) is 75.6 cm³/mol. The van der Waals surface area contributed by atoms with Crippen LogP contribution in [0.3, 0.4) is 0 Å². The third kappa shape index (κ3) is 2.24. The second-order valence-corrected chi connectivity index (χ2v) is 5.23. The van der Waals surface area contributed by atoms with E-state index >= 15 is 0 Å². The molecule has 2 N–H and O–H groups in total. The largest absolute Gasteiger partial charge is 0.341 e. The summed E-state index contributed by atoms with van der Waals surface area (Å²) in [6.45, 7) is 0.932. The summed E-state index contributed by atoms with van der Waals surface area (Å²) in [6, 6.07) is 8.58. The molecule has 0 saturated heterocycles. The Hall–Kier alpha value is -1.81. The monoisotopic (exact) mass is 257 g/mol. The molecule has 4 heteroatoms. The van der Waals surface area contributed by atoms with E-state index in [1.807, 2.05) is 47.0 Å². The van der Waals surface area contributed by atoms with Gasteiger partial charge in [-0.3, -0.25) is 4.79 Å². The lowest BCUT2D eigenvalue weighted by Gasteiger charge is -2.17. The number of carbonyl (C=O) groups is 1. The Morgan fingerprint density at radius 2 is 2.21 bits per heavy atom. The standard InChI is InChI=1S/C15H19N3O/c1-17(12-5-6-12)15(19)10-18-8-7-13-11(9-16)3-2-4-14(13)18/h2-4,7-8,12H,5-6,9-10,16H2,1H3. The molecule has 1 heterocycles. The second-order valence-electron chi connectivity index (χ2n) is 5.23. The molecule has 0 radical (unpaired) electrons. The number of carbonyl (C=O) groups excluding carboxylic acids is 1. The van der Waals surface area contributed by atoms with Gasteiger partial charge >= 0.3 is 0 Å². The Morgan fingerprint density at radius 1 is 1.42 bits per heavy atom. The van der Waals surface area contributed by atoms with Crippen LogP contribution in [0.4, 0.5) is 0 Å². The maximum Gasteiger partial charge on any atom is 0.242 e. The van der Waals surface area contributed by atoms with Crippen LogP contribution in [-0.4, -0.2) is 28.5 Å². The lowest BCUT2D eigenvalue weighted by Crippen LogP contribution is -2.31. The first-order chi connectivity index (χ1) is 9.20. The minimum atomic E-state index is 0.179. The molecule has 1 aromatic carbocycles. The van der Waals surface area contributed by atoms with E-state index in [0.29, 0.717) is 19.1 Å². The number of nitrogens with zero attached hydrogens (tertiary/aromatic N) is 2. The number of amides is 1. The Balaban J connectivity index is 1.87. The van der Waals surface area contributed by atoms with Crippen molar-refractivity contribution in [2.75, 3.05) is 7.05 Å². The molecule has 4 nitrogen and oxygen atoms in total. The van der Waals surface area contributed by atoms with Gasteiger partial charge in [-0.2, -0.15) is 0 Å². The van der Waals surface area contributed by atoms with Crippen molar-refractivity contribution < 1.29 is 4.79 Å². The van der Waals surface area contributed by atoms with Crippen molar-refractivity contribution in [2.45, 2.75) is 32.0 Å². The summed E-state index contributed by atoms with van der Waals surface area (Å²) in [5.41, 5.74) is 7.95. The average molecular weight is 257 g/mol. The highest BCUT2D eigenvalue weighted by Gasteiger charge is 2.29. The molecule has 1 fully saturated rings. The fourth-order valence-corrected chi connectivity index (χ4v) is 2.53. The van der Waals surface area contributed by atoms with Crippen molar-refractivity contribution in [1.29, 1.82) is 0 Å². The maximum absolute atomic E-state index is 12.2. The van der Waals surface area contributed by atoms with Crippen LogP contribution in [0, 0.1) is 0 Å². The van der Waals surface area contributed by atoms with Crippen LogP contribution in [0.15, 0.2) is 30.5 Å². The summed E-state index contributed by atoms with van der Waals surface area (Å²) in [6.07, 6.45) is 4.26. The van der Waals surface area contributed by atoms with E-state index in [9.17, 15) is 4.79 Å². The van der Waals surface area contributed by atoms with Crippen molar-refractivity contribution in [2.24, 2.45) is 5.73 Å². The molecule has 1 aliphatic rings. The highest BCUT2D eigenvalue weighted by atomic mass is 16.2. The topological polar surface area (TPSA) is 51.3 Å². The molecule has 0 atom stereocenters. The van der Waals surface area contributed by atoms with E-state index in [-0.39, 0.29) is 5.91 Å². The quantitative estimate of drug-likeness (QED) is 0.906. The third-order valence-corrected chi connectivity index (χ3v) is 3.92. The summed E-state index contributed by atoms with van der Waals surface area (Å²) < 4.78 is 2.01. The van der Waals surface area contributed by atoms with Crippen LogP contribution in [-0.2, 0) is 17.9 Å². The first kappa shape index (κ1) is 12.2. The van der Waals surface area contributed by atoms with Crippen molar-refractivity contribution >= 4 is 16.8 Å². The van der Waals surface area contributed by atoms with Gasteiger partial charge in [0, 0.05) is 36.7 Å². The predicted octanol–water partition coefficient (Wildman–Crippen LogP) is 1.72. The van der Waals surface area contributed by atoms with Gasteiger partial charge in [0.15, 0.2) is 0 Å². The average Bonchev–Trinajstić information content (AvgIpc) is 3.20. The van der Waals surface area contributed by atoms with Crippen molar-refractivity contribution in [3.05, 3.63) is 36.0 Å². The fourth-order valence-electron chi connectivity index (χ4n) is 2.53. The zero-order valence-electron chi connectivity index (χ0n) is 11.2. The minimum absolute atomic E-state index is 0.179. The minimum Gasteiger partial charge on any atom is -0.341 e.